The molecule has 0 aromatic rings. The molecule has 2 heteroatoms. The molecule has 17 heavy (non-hydrogen) atoms. The van der Waals surface area contributed by atoms with Crippen LogP contribution >= 0.6 is 15.9 Å². The summed E-state index contributed by atoms with van der Waals surface area (Å²) in [6, 6.07) is 0. The van der Waals surface area contributed by atoms with Gasteiger partial charge in [-0.1, -0.05) is 12.2 Å². The van der Waals surface area contributed by atoms with Crippen molar-refractivity contribution in [3.8, 4) is 0 Å². The van der Waals surface area contributed by atoms with Gasteiger partial charge in [-0.25, -0.2) is 4.39 Å². The molecule has 0 nitrogen and oxygen atoms in total. The van der Waals surface area contributed by atoms with E-state index in [2.05, 4.69) is 28.1 Å². The number of fused-ring (bicyclic) bond motifs is 7. The van der Waals surface area contributed by atoms with E-state index < -0.39 is 4.58 Å². The molecule has 6 rings (SSSR count). The Bertz CT molecular complexity index is 485. The first-order chi connectivity index (χ1) is 8.13. The van der Waals surface area contributed by atoms with E-state index in [0.29, 0.717) is 28.6 Å². The summed E-state index contributed by atoms with van der Waals surface area (Å²) in [5.74, 6) is 3.91. The molecule has 6 aliphatic rings. The molecule has 0 saturated heterocycles. The number of rotatable bonds is 0. The molecule has 0 aliphatic heterocycles. The molecule has 0 unspecified atom stereocenters. The predicted octanol–water partition coefficient (Wildman–Crippen LogP) is 3.92. The molecule has 0 heterocycles. The molecule has 5 saturated carbocycles. The van der Waals surface area contributed by atoms with Crippen LogP contribution in [0, 0.1) is 46.3 Å². The standard InChI is InChI=1S/C15H16BrF/c16-15(17)11-9-7-1-2-8(13(7)3-4-13)10(9)14(5-6-14)12(11)15/h1-2,7-12H,3-6H2/t7-,8+,9+,10-,11+,12-,15-/m1/s1. The van der Waals surface area contributed by atoms with E-state index in [1.54, 1.807) is 0 Å². The van der Waals surface area contributed by atoms with Gasteiger partial charge in [0.2, 0.25) is 0 Å². The molecule has 0 N–H and O–H groups in total. The van der Waals surface area contributed by atoms with Crippen LogP contribution < -0.4 is 0 Å². The lowest BCUT2D eigenvalue weighted by Gasteiger charge is -2.31. The van der Waals surface area contributed by atoms with Crippen LogP contribution in [0.5, 0.6) is 0 Å². The molecule has 90 valence electrons. The Morgan fingerprint density at radius 1 is 0.941 bits per heavy atom. The number of hydrogen-bond acceptors (Lipinski definition) is 0. The third-order valence-corrected chi connectivity index (χ3v) is 8.55. The fraction of sp³-hybridized carbons (Fsp3) is 0.867. The van der Waals surface area contributed by atoms with Crippen LogP contribution in [0.25, 0.3) is 0 Å². The zero-order valence-electron chi connectivity index (χ0n) is 9.70. The number of halogens is 2. The Labute approximate surface area is 109 Å². The van der Waals surface area contributed by atoms with E-state index in [1.807, 2.05) is 0 Å². The summed E-state index contributed by atoms with van der Waals surface area (Å²) in [5.41, 5.74) is 1.08. The third kappa shape index (κ3) is 0.676. The second-order valence-electron chi connectivity index (χ2n) is 7.68. The maximum absolute atomic E-state index is 14.6. The number of allylic oxidation sites excluding steroid dienone is 2. The van der Waals surface area contributed by atoms with Gasteiger partial charge in [-0.05, 0) is 76.1 Å². The van der Waals surface area contributed by atoms with Crippen LogP contribution in [-0.2, 0) is 0 Å². The highest BCUT2D eigenvalue weighted by atomic mass is 79.9. The zero-order chi connectivity index (χ0) is 11.2. The van der Waals surface area contributed by atoms with Crippen molar-refractivity contribution in [2.45, 2.75) is 30.3 Å². The van der Waals surface area contributed by atoms with Crippen molar-refractivity contribution in [2.24, 2.45) is 46.3 Å². The van der Waals surface area contributed by atoms with Crippen molar-refractivity contribution >= 4 is 15.9 Å². The summed E-state index contributed by atoms with van der Waals surface area (Å²) >= 11 is 3.42. The Morgan fingerprint density at radius 2 is 1.59 bits per heavy atom. The van der Waals surface area contributed by atoms with E-state index in [1.165, 1.54) is 25.7 Å². The van der Waals surface area contributed by atoms with E-state index in [4.69, 9.17) is 0 Å². The molecule has 2 bridgehead atoms. The molecule has 0 aromatic carbocycles. The maximum Gasteiger partial charge on any atom is 0.172 e. The van der Waals surface area contributed by atoms with Crippen molar-refractivity contribution < 1.29 is 4.39 Å². The summed E-state index contributed by atoms with van der Waals surface area (Å²) < 4.78 is 13.6. The Morgan fingerprint density at radius 3 is 2.24 bits per heavy atom. The minimum Gasteiger partial charge on any atom is -0.231 e. The smallest absolute Gasteiger partial charge is 0.172 e. The van der Waals surface area contributed by atoms with Gasteiger partial charge in [0.25, 0.3) is 0 Å². The van der Waals surface area contributed by atoms with Gasteiger partial charge in [-0.2, -0.15) is 0 Å². The molecule has 0 aromatic heterocycles. The number of alkyl halides is 2. The first-order valence-corrected chi connectivity index (χ1v) is 7.98. The fourth-order valence-electron chi connectivity index (χ4n) is 6.86. The quantitative estimate of drug-likeness (QED) is 0.469. The van der Waals surface area contributed by atoms with Crippen LogP contribution in [0.15, 0.2) is 12.2 Å². The lowest BCUT2D eigenvalue weighted by molar-refractivity contribution is 0.165. The lowest BCUT2D eigenvalue weighted by Crippen LogP contribution is -2.29. The molecule has 0 amide bonds. The van der Waals surface area contributed by atoms with E-state index in [0.717, 1.165) is 17.8 Å². The van der Waals surface area contributed by atoms with Crippen LogP contribution in [0.1, 0.15) is 25.7 Å². The van der Waals surface area contributed by atoms with Gasteiger partial charge in [0.1, 0.15) is 0 Å². The summed E-state index contributed by atoms with van der Waals surface area (Å²) in [7, 11) is 0. The molecular formula is C15H16BrF. The van der Waals surface area contributed by atoms with E-state index >= 15 is 0 Å². The average Bonchev–Trinajstić information content (AvgIpc) is 3.13. The summed E-state index contributed by atoms with van der Waals surface area (Å²) in [6.45, 7) is 0. The number of hydrogen-bond donors (Lipinski definition) is 0. The Hall–Kier alpha value is 0.150. The van der Waals surface area contributed by atoms with E-state index in [9.17, 15) is 4.39 Å². The van der Waals surface area contributed by atoms with Crippen molar-refractivity contribution in [3.05, 3.63) is 12.2 Å². The summed E-state index contributed by atoms with van der Waals surface area (Å²) in [5, 5.41) is 0. The summed E-state index contributed by atoms with van der Waals surface area (Å²) in [6.07, 6.45) is 10.5. The molecule has 2 spiro atoms. The highest BCUT2D eigenvalue weighted by molar-refractivity contribution is 9.10. The van der Waals surface area contributed by atoms with Crippen molar-refractivity contribution in [2.75, 3.05) is 0 Å². The average molecular weight is 295 g/mol. The lowest BCUT2D eigenvalue weighted by atomic mass is 9.74. The van der Waals surface area contributed by atoms with E-state index in [-0.39, 0.29) is 0 Å². The topological polar surface area (TPSA) is 0 Å². The van der Waals surface area contributed by atoms with Gasteiger partial charge >= 0.3 is 0 Å². The van der Waals surface area contributed by atoms with Gasteiger partial charge in [0.05, 0.1) is 0 Å². The largest absolute Gasteiger partial charge is 0.231 e. The van der Waals surface area contributed by atoms with Crippen molar-refractivity contribution in [1.82, 2.24) is 0 Å². The third-order valence-electron chi connectivity index (χ3n) is 7.53. The molecular weight excluding hydrogens is 279 g/mol. The minimum atomic E-state index is -0.973. The van der Waals surface area contributed by atoms with Crippen molar-refractivity contribution in [3.63, 3.8) is 0 Å². The van der Waals surface area contributed by atoms with Crippen LogP contribution in [0.3, 0.4) is 0 Å². The zero-order valence-corrected chi connectivity index (χ0v) is 11.3. The van der Waals surface area contributed by atoms with Gasteiger partial charge in [-0.15, -0.1) is 0 Å². The Kier molecular flexibility index (Phi) is 1.12. The highest BCUT2D eigenvalue weighted by Crippen LogP contribution is 2.92. The first-order valence-electron chi connectivity index (χ1n) is 7.19. The minimum absolute atomic E-state index is 0.368. The molecule has 5 fully saturated rings. The highest BCUT2D eigenvalue weighted by Gasteiger charge is 2.90. The van der Waals surface area contributed by atoms with Crippen LogP contribution in [0.4, 0.5) is 4.39 Å². The fourth-order valence-corrected chi connectivity index (χ4v) is 8.04. The maximum atomic E-state index is 14.6. The van der Waals surface area contributed by atoms with Gasteiger partial charge in [0.15, 0.2) is 4.58 Å². The van der Waals surface area contributed by atoms with Gasteiger partial charge in [-0.3, -0.25) is 0 Å². The SMILES string of the molecule is F[C@]1(Br)[C@H]2[C@@H]3[C@@H]([C@@H]4C=C[C@H]3C43CC3)C3(CC3)[C@@H]21. The summed E-state index contributed by atoms with van der Waals surface area (Å²) in [4.78, 5) is 0. The molecule has 6 aliphatic carbocycles. The second-order valence-corrected chi connectivity index (χ2v) is 8.90. The van der Waals surface area contributed by atoms with Crippen LogP contribution in [0.2, 0.25) is 0 Å². The van der Waals surface area contributed by atoms with Crippen molar-refractivity contribution in [1.29, 1.82) is 0 Å². The normalized spacial score (nSPS) is 68.6. The predicted molar refractivity (Wildman–Crippen MR) is 66.2 cm³/mol. The van der Waals surface area contributed by atoms with Crippen LogP contribution in [-0.4, -0.2) is 4.58 Å². The van der Waals surface area contributed by atoms with Gasteiger partial charge < -0.3 is 0 Å². The monoisotopic (exact) mass is 294 g/mol. The molecule has 7 atom stereocenters. The van der Waals surface area contributed by atoms with Gasteiger partial charge in [0, 0.05) is 11.8 Å². The Balaban J connectivity index is 1.57. The second kappa shape index (κ2) is 2.09. The first kappa shape index (κ1) is 9.12. The molecule has 0 radical (unpaired) electrons.